The van der Waals surface area contributed by atoms with Gasteiger partial charge in [0.15, 0.2) is 5.69 Å². The van der Waals surface area contributed by atoms with Gasteiger partial charge in [0.2, 0.25) is 0 Å². The predicted molar refractivity (Wildman–Crippen MR) is 80.3 cm³/mol. The van der Waals surface area contributed by atoms with E-state index in [2.05, 4.69) is 21.0 Å². The number of esters is 1. The van der Waals surface area contributed by atoms with Gasteiger partial charge in [-0.25, -0.2) is 4.79 Å². The highest BCUT2D eigenvalue weighted by Crippen LogP contribution is 2.19. The third kappa shape index (κ3) is 3.01. The van der Waals surface area contributed by atoms with Crippen LogP contribution in [0.4, 0.5) is 5.69 Å². The smallest absolute Gasteiger partial charge is 0.359 e. The monoisotopic (exact) mass is 337 g/mol. The number of aromatic nitrogens is 2. The van der Waals surface area contributed by atoms with Crippen molar-refractivity contribution in [2.75, 3.05) is 5.73 Å². The number of aryl methyl sites for hydroxylation is 2. The third-order valence-corrected chi connectivity index (χ3v) is 3.42. The van der Waals surface area contributed by atoms with Crippen molar-refractivity contribution in [3.8, 4) is 0 Å². The van der Waals surface area contributed by atoms with E-state index >= 15 is 0 Å². The molecule has 0 aliphatic carbocycles. The molecule has 1 heterocycles. The number of hydrogen-bond acceptors (Lipinski definition) is 4. The highest BCUT2D eigenvalue weighted by molar-refractivity contribution is 9.10. The number of carbonyl (C=O) groups is 1. The van der Waals surface area contributed by atoms with Gasteiger partial charge < -0.3 is 10.5 Å². The molecule has 0 saturated carbocycles. The molecule has 0 saturated heterocycles. The summed E-state index contributed by atoms with van der Waals surface area (Å²) >= 11 is 3.38. The first kappa shape index (κ1) is 14.6. The lowest BCUT2D eigenvalue weighted by Crippen LogP contribution is -2.14. The molecule has 106 valence electrons. The summed E-state index contributed by atoms with van der Waals surface area (Å²) in [6.07, 6.45) is 0. The van der Waals surface area contributed by atoms with Gasteiger partial charge in [0, 0.05) is 11.0 Å². The van der Waals surface area contributed by atoms with Gasteiger partial charge in [0.05, 0.1) is 11.4 Å². The average Bonchev–Trinajstić information content (AvgIpc) is 2.72. The van der Waals surface area contributed by atoms with Crippen LogP contribution in [-0.2, 0) is 17.9 Å². The number of halogens is 1. The van der Waals surface area contributed by atoms with E-state index in [1.807, 2.05) is 31.2 Å². The summed E-state index contributed by atoms with van der Waals surface area (Å²) in [5, 5.41) is 4.20. The van der Waals surface area contributed by atoms with E-state index in [1.54, 1.807) is 11.6 Å². The first-order chi connectivity index (χ1) is 9.52. The van der Waals surface area contributed by atoms with Crippen LogP contribution in [0.1, 0.15) is 28.7 Å². The predicted octanol–water partition coefficient (Wildman–Crippen LogP) is 2.91. The molecule has 2 rings (SSSR count). The maximum Gasteiger partial charge on any atom is 0.359 e. The normalized spacial score (nSPS) is 10.6. The van der Waals surface area contributed by atoms with Gasteiger partial charge in [-0.2, -0.15) is 5.10 Å². The van der Waals surface area contributed by atoms with Gasteiger partial charge in [-0.05, 0) is 31.5 Å². The van der Waals surface area contributed by atoms with Crippen LogP contribution in [0.15, 0.2) is 28.7 Å². The Morgan fingerprint density at radius 3 is 2.90 bits per heavy atom. The molecule has 0 unspecified atom stereocenters. The molecule has 20 heavy (non-hydrogen) atoms. The van der Waals surface area contributed by atoms with Crippen molar-refractivity contribution in [1.29, 1.82) is 0 Å². The Balaban J connectivity index is 2.13. The largest absolute Gasteiger partial charge is 0.456 e. The zero-order chi connectivity index (χ0) is 14.7. The van der Waals surface area contributed by atoms with Crippen molar-refractivity contribution < 1.29 is 9.53 Å². The molecule has 2 aromatic rings. The van der Waals surface area contributed by atoms with E-state index in [4.69, 9.17) is 10.5 Å². The number of hydrogen-bond donors (Lipinski definition) is 1. The number of rotatable bonds is 4. The van der Waals surface area contributed by atoms with E-state index < -0.39 is 5.97 Å². The fraction of sp³-hybridized carbons (Fsp3) is 0.286. The van der Waals surface area contributed by atoms with Gasteiger partial charge >= 0.3 is 5.97 Å². The van der Waals surface area contributed by atoms with Gasteiger partial charge in [-0.3, -0.25) is 4.68 Å². The lowest BCUT2D eigenvalue weighted by atomic mass is 10.2. The van der Waals surface area contributed by atoms with Gasteiger partial charge in [-0.1, -0.05) is 28.1 Å². The van der Waals surface area contributed by atoms with E-state index in [0.29, 0.717) is 23.6 Å². The number of carbonyl (C=O) groups excluding carboxylic acids is 1. The Morgan fingerprint density at radius 1 is 1.50 bits per heavy atom. The second-order valence-corrected chi connectivity index (χ2v) is 5.29. The minimum atomic E-state index is -0.454. The van der Waals surface area contributed by atoms with Crippen LogP contribution in [0.25, 0.3) is 0 Å². The highest BCUT2D eigenvalue weighted by atomic mass is 79.9. The quantitative estimate of drug-likeness (QED) is 0.871. The Morgan fingerprint density at radius 2 is 2.25 bits per heavy atom. The summed E-state index contributed by atoms with van der Waals surface area (Å²) in [7, 11) is 0. The molecule has 1 aromatic carbocycles. The van der Waals surface area contributed by atoms with E-state index in [0.717, 1.165) is 10.0 Å². The van der Waals surface area contributed by atoms with Gasteiger partial charge in [0.1, 0.15) is 6.61 Å². The van der Waals surface area contributed by atoms with E-state index in [-0.39, 0.29) is 6.61 Å². The van der Waals surface area contributed by atoms with Gasteiger partial charge in [-0.15, -0.1) is 0 Å². The molecule has 1 aromatic heterocycles. The molecule has 5 nitrogen and oxygen atoms in total. The molecule has 0 amide bonds. The highest BCUT2D eigenvalue weighted by Gasteiger charge is 2.20. The number of ether oxygens (including phenoxy) is 1. The summed E-state index contributed by atoms with van der Waals surface area (Å²) in [6, 6.07) is 7.60. The molecular weight excluding hydrogens is 322 g/mol. The fourth-order valence-corrected chi connectivity index (χ4v) is 2.33. The Labute approximate surface area is 125 Å². The summed E-state index contributed by atoms with van der Waals surface area (Å²) < 4.78 is 7.81. The first-order valence-electron chi connectivity index (χ1n) is 6.27. The fourth-order valence-electron chi connectivity index (χ4n) is 1.88. The Hall–Kier alpha value is -1.82. The first-order valence-corrected chi connectivity index (χ1v) is 7.06. The second-order valence-electron chi connectivity index (χ2n) is 4.37. The average molecular weight is 338 g/mol. The summed E-state index contributed by atoms with van der Waals surface area (Å²) in [5.74, 6) is -0.454. The van der Waals surface area contributed by atoms with Crippen molar-refractivity contribution in [2.24, 2.45) is 0 Å². The van der Waals surface area contributed by atoms with Crippen molar-refractivity contribution >= 4 is 27.6 Å². The van der Waals surface area contributed by atoms with Crippen LogP contribution < -0.4 is 5.73 Å². The molecule has 2 N–H and O–H groups in total. The zero-order valence-electron chi connectivity index (χ0n) is 11.4. The maximum absolute atomic E-state index is 12.1. The Bertz CT molecular complexity index is 637. The standard InChI is InChI=1S/C14H16BrN3O2/c1-3-18-13(12(16)9(2)17-18)14(19)20-8-10-5-4-6-11(15)7-10/h4-7H,3,8,16H2,1-2H3. The number of nitrogens with two attached hydrogens (primary N) is 1. The SMILES string of the molecule is CCn1nc(C)c(N)c1C(=O)OCc1cccc(Br)c1. The van der Waals surface area contributed by atoms with Crippen molar-refractivity contribution in [2.45, 2.75) is 27.0 Å². The van der Waals surface area contributed by atoms with E-state index in [9.17, 15) is 4.79 Å². The molecule has 0 spiro atoms. The summed E-state index contributed by atoms with van der Waals surface area (Å²) in [5.41, 5.74) is 8.13. The molecule has 0 radical (unpaired) electrons. The number of nitrogens with zero attached hydrogens (tertiary/aromatic N) is 2. The Kier molecular flexibility index (Phi) is 4.44. The molecule has 0 aliphatic heterocycles. The molecule has 0 atom stereocenters. The number of anilines is 1. The van der Waals surface area contributed by atoms with Crippen molar-refractivity contribution in [3.05, 3.63) is 45.7 Å². The summed E-state index contributed by atoms with van der Waals surface area (Å²) in [4.78, 5) is 12.1. The zero-order valence-corrected chi connectivity index (χ0v) is 13.0. The molecule has 0 bridgehead atoms. The minimum Gasteiger partial charge on any atom is -0.456 e. The van der Waals surface area contributed by atoms with Crippen LogP contribution in [0.2, 0.25) is 0 Å². The minimum absolute atomic E-state index is 0.200. The maximum atomic E-state index is 12.1. The lowest BCUT2D eigenvalue weighted by Gasteiger charge is -2.07. The van der Waals surface area contributed by atoms with Crippen LogP contribution in [-0.4, -0.2) is 15.7 Å². The van der Waals surface area contributed by atoms with Crippen LogP contribution in [0.5, 0.6) is 0 Å². The molecule has 6 heteroatoms. The topological polar surface area (TPSA) is 70.1 Å². The second kappa shape index (κ2) is 6.09. The molecular formula is C14H16BrN3O2. The lowest BCUT2D eigenvalue weighted by molar-refractivity contribution is 0.0459. The van der Waals surface area contributed by atoms with Crippen molar-refractivity contribution in [1.82, 2.24) is 9.78 Å². The third-order valence-electron chi connectivity index (χ3n) is 2.93. The number of nitrogen functional groups attached to an aromatic ring is 1. The van der Waals surface area contributed by atoms with Crippen LogP contribution >= 0.6 is 15.9 Å². The number of benzene rings is 1. The molecule has 0 fully saturated rings. The van der Waals surface area contributed by atoms with Crippen LogP contribution in [0.3, 0.4) is 0 Å². The molecule has 0 aliphatic rings. The van der Waals surface area contributed by atoms with E-state index in [1.165, 1.54) is 0 Å². The van der Waals surface area contributed by atoms with Gasteiger partial charge in [0.25, 0.3) is 0 Å². The van der Waals surface area contributed by atoms with Crippen LogP contribution in [0, 0.1) is 6.92 Å². The summed E-state index contributed by atoms with van der Waals surface area (Å²) in [6.45, 7) is 4.44. The van der Waals surface area contributed by atoms with Crippen molar-refractivity contribution in [3.63, 3.8) is 0 Å².